The van der Waals surface area contributed by atoms with E-state index in [9.17, 15) is 14.7 Å². The molecule has 2 heterocycles. The molecule has 8 heteroatoms. The average molecular weight is 406 g/mol. The van der Waals surface area contributed by atoms with E-state index in [0.29, 0.717) is 10.2 Å². The normalized spacial score (nSPS) is 15.3. The molecule has 2 N–H and O–H groups in total. The van der Waals surface area contributed by atoms with Crippen LogP contribution >= 0.6 is 23.2 Å². The van der Waals surface area contributed by atoms with E-state index in [0.717, 1.165) is 16.7 Å². The van der Waals surface area contributed by atoms with E-state index >= 15 is 0 Å². The summed E-state index contributed by atoms with van der Waals surface area (Å²) in [7, 11) is 1.52. The summed E-state index contributed by atoms with van der Waals surface area (Å²) in [6, 6.07) is 8.71. The van der Waals surface area contributed by atoms with Gasteiger partial charge in [-0.25, -0.2) is 4.98 Å². The maximum absolute atomic E-state index is 12.4. The van der Waals surface area contributed by atoms with Gasteiger partial charge in [0.1, 0.15) is 5.15 Å². The van der Waals surface area contributed by atoms with Crippen LogP contribution in [0.25, 0.3) is 11.1 Å². The number of likely N-dealkylation sites (N-methyl/N-ethyl adjacent to an activating group) is 1. The molecular formula is C19H17Cl2N3O3. The van der Waals surface area contributed by atoms with E-state index in [2.05, 4.69) is 10.3 Å². The topological polar surface area (TPSA) is 82.5 Å². The Morgan fingerprint density at radius 2 is 2.07 bits per heavy atom. The molecule has 1 aromatic carbocycles. The molecule has 27 heavy (non-hydrogen) atoms. The molecule has 0 fully saturated rings. The van der Waals surface area contributed by atoms with Crippen molar-refractivity contribution in [1.29, 1.82) is 0 Å². The second kappa shape index (κ2) is 7.58. The van der Waals surface area contributed by atoms with E-state index in [1.54, 1.807) is 12.3 Å². The lowest BCUT2D eigenvalue weighted by atomic mass is 10.0. The number of rotatable bonds is 4. The zero-order valence-corrected chi connectivity index (χ0v) is 16.2. The molecule has 0 aliphatic carbocycles. The van der Waals surface area contributed by atoms with Crippen LogP contribution in [0.5, 0.6) is 0 Å². The van der Waals surface area contributed by atoms with Crippen molar-refractivity contribution >= 4 is 35.0 Å². The van der Waals surface area contributed by atoms with Gasteiger partial charge in [0.25, 0.3) is 11.8 Å². The Bertz CT molecular complexity index is 959. The first-order valence-electron chi connectivity index (χ1n) is 8.17. The van der Waals surface area contributed by atoms with Crippen molar-refractivity contribution in [3.63, 3.8) is 0 Å². The highest BCUT2D eigenvalue weighted by atomic mass is 35.5. The van der Waals surface area contributed by atoms with Gasteiger partial charge in [-0.15, -0.1) is 0 Å². The van der Waals surface area contributed by atoms with Crippen LogP contribution in [-0.2, 0) is 9.59 Å². The third-order valence-corrected chi connectivity index (χ3v) is 4.89. The molecule has 0 bridgehead atoms. The Morgan fingerprint density at radius 1 is 1.33 bits per heavy atom. The number of nitrogens with zero attached hydrogens (tertiary/aromatic N) is 2. The molecule has 1 atom stereocenters. The summed E-state index contributed by atoms with van der Waals surface area (Å²) in [5.74, 6) is -1.54. The third kappa shape index (κ3) is 3.91. The number of halogens is 2. The first-order valence-corrected chi connectivity index (χ1v) is 8.93. The van der Waals surface area contributed by atoms with Crippen LogP contribution in [0.3, 0.4) is 0 Å². The van der Waals surface area contributed by atoms with Crippen LogP contribution < -0.4 is 5.32 Å². The minimum atomic E-state index is -0.556. The number of aliphatic hydroxyl groups excluding tert-OH is 1. The number of pyridine rings is 1. The van der Waals surface area contributed by atoms with Crippen LogP contribution in [0.4, 0.5) is 0 Å². The number of hydrogen-bond acceptors (Lipinski definition) is 4. The van der Waals surface area contributed by atoms with E-state index in [1.807, 2.05) is 31.2 Å². The van der Waals surface area contributed by atoms with E-state index in [1.165, 1.54) is 11.9 Å². The summed E-state index contributed by atoms with van der Waals surface area (Å²) in [6.45, 7) is 1.89. The predicted molar refractivity (Wildman–Crippen MR) is 104 cm³/mol. The summed E-state index contributed by atoms with van der Waals surface area (Å²) in [4.78, 5) is 29.4. The van der Waals surface area contributed by atoms with Gasteiger partial charge in [-0.2, -0.15) is 0 Å². The van der Waals surface area contributed by atoms with Crippen molar-refractivity contribution in [2.75, 3.05) is 13.6 Å². The average Bonchev–Trinajstić information content (AvgIpc) is 2.89. The number of carbonyl (C=O) groups excluding carboxylic acids is 2. The van der Waals surface area contributed by atoms with Crippen LogP contribution in [0.2, 0.25) is 10.2 Å². The molecule has 3 rings (SSSR count). The van der Waals surface area contributed by atoms with Crippen molar-refractivity contribution < 1.29 is 14.7 Å². The maximum atomic E-state index is 12.4. The number of nitrogens with one attached hydrogen (secondary N) is 1. The molecule has 140 valence electrons. The minimum absolute atomic E-state index is 0.0652. The van der Waals surface area contributed by atoms with Gasteiger partial charge >= 0.3 is 0 Å². The molecule has 1 aliphatic heterocycles. The Hall–Kier alpha value is -2.57. The molecular weight excluding hydrogens is 389 g/mol. The minimum Gasteiger partial charge on any atom is -0.503 e. The molecule has 1 aliphatic rings. The Kier molecular flexibility index (Phi) is 5.39. The molecule has 2 aromatic rings. The molecule has 0 spiro atoms. The number of amides is 2. The van der Waals surface area contributed by atoms with Gasteiger partial charge in [-0.1, -0.05) is 41.4 Å². The predicted octanol–water partition coefficient (Wildman–Crippen LogP) is 3.52. The third-order valence-electron chi connectivity index (χ3n) is 4.37. The maximum Gasteiger partial charge on any atom is 0.289 e. The van der Waals surface area contributed by atoms with Crippen LogP contribution in [0, 0.1) is 0 Å². The van der Waals surface area contributed by atoms with Gasteiger partial charge in [0.05, 0.1) is 23.2 Å². The van der Waals surface area contributed by atoms with Crippen LogP contribution in [0.15, 0.2) is 47.9 Å². The van der Waals surface area contributed by atoms with Gasteiger partial charge < -0.3 is 15.3 Å². The summed E-state index contributed by atoms with van der Waals surface area (Å²) >= 11 is 12.1. The highest BCUT2D eigenvalue weighted by molar-refractivity contribution is 6.35. The highest BCUT2D eigenvalue weighted by Crippen LogP contribution is 2.30. The lowest BCUT2D eigenvalue weighted by molar-refractivity contribution is -0.126. The molecule has 0 saturated heterocycles. The largest absolute Gasteiger partial charge is 0.503 e. The second-order valence-corrected chi connectivity index (χ2v) is 7.09. The van der Waals surface area contributed by atoms with Gasteiger partial charge in [-0.3, -0.25) is 9.59 Å². The number of aromatic nitrogens is 1. The lowest BCUT2D eigenvalue weighted by Gasteiger charge is -2.16. The van der Waals surface area contributed by atoms with Gasteiger partial charge in [0.2, 0.25) is 0 Å². The van der Waals surface area contributed by atoms with Gasteiger partial charge in [0.15, 0.2) is 5.76 Å². The van der Waals surface area contributed by atoms with Crippen molar-refractivity contribution in [2.24, 2.45) is 0 Å². The molecule has 6 nitrogen and oxygen atoms in total. The first-order chi connectivity index (χ1) is 12.8. The number of benzene rings is 1. The Labute approximate surface area is 166 Å². The summed E-state index contributed by atoms with van der Waals surface area (Å²) < 4.78 is 0. The lowest BCUT2D eigenvalue weighted by Crippen LogP contribution is -2.30. The number of hydrogen-bond donors (Lipinski definition) is 2. The van der Waals surface area contributed by atoms with Crippen molar-refractivity contribution in [2.45, 2.75) is 13.0 Å². The summed E-state index contributed by atoms with van der Waals surface area (Å²) in [5.41, 5.74) is 2.46. The second-order valence-electron chi connectivity index (χ2n) is 6.30. The number of aliphatic hydroxyl groups is 1. The molecule has 0 saturated carbocycles. The van der Waals surface area contributed by atoms with Crippen LogP contribution in [0.1, 0.15) is 18.5 Å². The van der Waals surface area contributed by atoms with Crippen molar-refractivity contribution in [3.05, 3.63) is 63.6 Å². The van der Waals surface area contributed by atoms with Crippen molar-refractivity contribution in [1.82, 2.24) is 15.2 Å². The zero-order chi connectivity index (χ0) is 19.7. The fourth-order valence-electron chi connectivity index (χ4n) is 2.84. The highest BCUT2D eigenvalue weighted by Gasteiger charge is 2.32. The summed E-state index contributed by atoms with van der Waals surface area (Å²) in [6.07, 6.45) is 1.59. The standard InChI is InChI=1S/C19H17Cl2N3O3/c1-10(23-18(26)14-9-24(2)19(27)17(14)25)11-4-3-5-12(6-11)13-8-22-16(21)7-15(13)20/h3-8,10,25H,9H2,1-2H3,(H,23,26). The first kappa shape index (κ1) is 19.2. The smallest absolute Gasteiger partial charge is 0.289 e. The van der Waals surface area contributed by atoms with E-state index < -0.39 is 17.6 Å². The zero-order valence-electron chi connectivity index (χ0n) is 14.7. The molecule has 0 radical (unpaired) electrons. The molecule has 1 aromatic heterocycles. The Morgan fingerprint density at radius 3 is 2.70 bits per heavy atom. The fraction of sp³-hybridized carbons (Fsp3) is 0.211. The van der Waals surface area contributed by atoms with Crippen LogP contribution in [-0.4, -0.2) is 40.4 Å². The SMILES string of the molecule is CC(NC(=O)C1=C(O)C(=O)N(C)C1)c1cccc(-c2cnc(Cl)cc2Cl)c1. The quantitative estimate of drug-likeness (QED) is 0.762. The number of carbonyl (C=O) groups is 2. The molecule has 2 amide bonds. The van der Waals surface area contributed by atoms with E-state index in [-0.39, 0.29) is 18.2 Å². The fourth-order valence-corrected chi connectivity index (χ4v) is 3.31. The Balaban J connectivity index is 1.81. The molecule has 1 unspecified atom stereocenters. The van der Waals surface area contributed by atoms with Gasteiger partial charge in [0, 0.05) is 18.8 Å². The van der Waals surface area contributed by atoms with E-state index in [4.69, 9.17) is 23.2 Å². The monoisotopic (exact) mass is 405 g/mol. The summed E-state index contributed by atoms with van der Waals surface area (Å²) in [5, 5.41) is 13.4. The van der Waals surface area contributed by atoms with Crippen molar-refractivity contribution in [3.8, 4) is 11.1 Å². The van der Waals surface area contributed by atoms with Gasteiger partial charge in [-0.05, 0) is 30.2 Å².